The summed E-state index contributed by atoms with van der Waals surface area (Å²) >= 11 is 0. The van der Waals surface area contributed by atoms with E-state index in [1.807, 2.05) is 48.5 Å². The molecular weight excluding hydrogens is 452 g/mol. The minimum Gasteiger partial charge on any atom is -0.366 e. The quantitative estimate of drug-likeness (QED) is 0.504. The molecule has 3 amide bonds. The van der Waals surface area contributed by atoms with E-state index in [9.17, 15) is 14.4 Å². The molecule has 4 rings (SSSR count). The van der Waals surface area contributed by atoms with Crippen LogP contribution in [0, 0.1) is 0 Å². The van der Waals surface area contributed by atoms with Gasteiger partial charge in [-0.15, -0.1) is 12.4 Å². The minimum atomic E-state index is -0.628. The van der Waals surface area contributed by atoms with Crippen LogP contribution in [-0.2, 0) is 22.6 Å². The number of hydrogen-bond acceptors (Lipinski definition) is 4. The molecule has 3 aromatic carbocycles. The van der Waals surface area contributed by atoms with E-state index in [4.69, 9.17) is 5.73 Å². The number of carbonyl (C=O) groups is 3. The third kappa shape index (κ3) is 5.05. The predicted molar refractivity (Wildman–Crippen MR) is 136 cm³/mol. The van der Waals surface area contributed by atoms with Crippen LogP contribution in [0.2, 0.25) is 0 Å². The van der Waals surface area contributed by atoms with Gasteiger partial charge in [-0.1, -0.05) is 42.5 Å². The first kappa shape index (κ1) is 25.2. The van der Waals surface area contributed by atoms with Gasteiger partial charge in [-0.05, 0) is 66.9 Å². The van der Waals surface area contributed by atoms with Crippen molar-refractivity contribution in [2.45, 2.75) is 38.4 Å². The molecule has 0 saturated carbocycles. The summed E-state index contributed by atoms with van der Waals surface area (Å²) in [5.74, 6) is -0.859. The van der Waals surface area contributed by atoms with Crippen LogP contribution in [0.4, 0.5) is 5.69 Å². The van der Waals surface area contributed by atoms with Crippen molar-refractivity contribution in [3.63, 3.8) is 0 Å². The second kappa shape index (κ2) is 10.7. The fourth-order valence-electron chi connectivity index (χ4n) is 4.24. The van der Waals surface area contributed by atoms with Crippen LogP contribution in [0.3, 0.4) is 0 Å². The number of nitrogens with two attached hydrogens (primary N) is 1. The number of amides is 3. The molecule has 7 nitrogen and oxygen atoms in total. The van der Waals surface area contributed by atoms with Gasteiger partial charge < -0.3 is 21.3 Å². The largest absolute Gasteiger partial charge is 0.366 e. The average Bonchev–Trinajstić information content (AvgIpc) is 2.95. The number of fused-ring (bicyclic) bond motifs is 2. The lowest BCUT2D eigenvalue weighted by atomic mass is 10.0. The van der Waals surface area contributed by atoms with Crippen molar-refractivity contribution in [2.24, 2.45) is 5.73 Å². The third-order valence-electron chi connectivity index (χ3n) is 6.28. The Labute approximate surface area is 205 Å². The van der Waals surface area contributed by atoms with E-state index in [-0.39, 0.29) is 24.2 Å². The molecular formula is C26H29ClN4O3. The third-order valence-corrected chi connectivity index (χ3v) is 6.28. The summed E-state index contributed by atoms with van der Waals surface area (Å²) < 4.78 is 0. The lowest BCUT2D eigenvalue weighted by Crippen LogP contribution is -2.52. The van der Waals surface area contributed by atoms with E-state index in [1.165, 1.54) is 0 Å². The van der Waals surface area contributed by atoms with Gasteiger partial charge in [-0.3, -0.25) is 14.4 Å². The van der Waals surface area contributed by atoms with E-state index in [0.29, 0.717) is 24.9 Å². The second-order valence-electron chi connectivity index (χ2n) is 8.38. The van der Waals surface area contributed by atoms with E-state index in [0.717, 1.165) is 27.6 Å². The Bertz CT molecular complexity index is 1230. The fourth-order valence-corrected chi connectivity index (χ4v) is 4.24. The Morgan fingerprint density at radius 1 is 1.12 bits per heavy atom. The molecule has 0 bridgehead atoms. The molecule has 2 atom stereocenters. The predicted octanol–water partition coefficient (Wildman–Crippen LogP) is 2.93. The molecule has 4 N–H and O–H groups in total. The van der Waals surface area contributed by atoms with Crippen LogP contribution in [-0.4, -0.2) is 36.9 Å². The highest BCUT2D eigenvalue weighted by Gasteiger charge is 2.32. The zero-order valence-corrected chi connectivity index (χ0v) is 20.0. The number of likely N-dealkylation sites (N-methyl/N-ethyl adjacent to an activating group) is 1. The number of aryl methyl sites for hydroxylation is 1. The number of halogens is 1. The van der Waals surface area contributed by atoms with Crippen molar-refractivity contribution in [3.05, 3.63) is 77.4 Å². The molecule has 178 valence electrons. The molecule has 0 saturated heterocycles. The number of rotatable bonds is 6. The number of nitrogens with zero attached hydrogens (tertiary/aromatic N) is 1. The zero-order chi connectivity index (χ0) is 23.5. The number of primary amides is 1. The van der Waals surface area contributed by atoms with Gasteiger partial charge in [0.25, 0.3) is 0 Å². The van der Waals surface area contributed by atoms with Crippen LogP contribution in [0.1, 0.15) is 34.8 Å². The van der Waals surface area contributed by atoms with Gasteiger partial charge in [-0.2, -0.15) is 0 Å². The molecule has 0 aliphatic carbocycles. The highest BCUT2D eigenvalue weighted by molar-refractivity contribution is 6.02. The monoisotopic (exact) mass is 480 g/mol. The molecule has 0 aromatic heterocycles. The van der Waals surface area contributed by atoms with Crippen LogP contribution >= 0.6 is 12.4 Å². The maximum Gasteiger partial charge on any atom is 0.249 e. The highest BCUT2D eigenvalue weighted by Crippen LogP contribution is 2.30. The molecule has 34 heavy (non-hydrogen) atoms. The summed E-state index contributed by atoms with van der Waals surface area (Å²) in [5, 5.41) is 7.66. The molecule has 1 aliphatic rings. The molecule has 0 radical (unpaired) electrons. The molecule has 1 aliphatic heterocycles. The summed E-state index contributed by atoms with van der Waals surface area (Å²) in [6.07, 6.45) is 1.20. The van der Waals surface area contributed by atoms with Gasteiger partial charge in [0.05, 0.1) is 12.6 Å². The number of hydrogen-bond donors (Lipinski definition) is 3. The topological polar surface area (TPSA) is 105 Å². The minimum absolute atomic E-state index is 0. The number of para-hydroxylation sites is 1. The van der Waals surface area contributed by atoms with Crippen molar-refractivity contribution < 1.29 is 14.4 Å². The van der Waals surface area contributed by atoms with Crippen molar-refractivity contribution >= 4 is 46.6 Å². The van der Waals surface area contributed by atoms with Crippen LogP contribution in [0.5, 0.6) is 0 Å². The van der Waals surface area contributed by atoms with Gasteiger partial charge in [0.2, 0.25) is 17.7 Å². The van der Waals surface area contributed by atoms with Gasteiger partial charge in [0, 0.05) is 11.3 Å². The molecule has 0 spiro atoms. The van der Waals surface area contributed by atoms with Gasteiger partial charge in [-0.25, -0.2) is 0 Å². The highest BCUT2D eigenvalue weighted by atomic mass is 35.5. The van der Waals surface area contributed by atoms with E-state index in [1.54, 1.807) is 31.0 Å². The van der Waals surface area contributed by atoms with Crippen molar-refractivity contribution in [1.29, 1.82) is 0 Å². The Hall–Kier alpha value is -3.42. The molecule has 8 heteroatoms. The lowest BCUT2D eigenvalue weighted by molar-refractivity contribution is -0.128. The Balaban J connectivity index is 0.00000324. The molecule has 1 heterocycles. The van der Waals surface area contributed by atoms with Crippen molar-refractivity contribution in [2.75, 3.05) is 11.9 Å². The Kier molecular flexibility index (Phi) is 7.91. The van der Waals surface area contributed by atoms with E-state index >= 15 is 0 Å². The fraction of sp³-hybridized carbons (Fsp3) is 0.269. The second-order valence-corrected chi connectivity index (χ2v) is 8.38. The number of nitrogens with one attached hydrogen (secondary N) is 2. The van der Waals surface area contributed by atoms with Crippen molar-refractivity contribution in [1.82, 2.24) is 10.6 Å². The Morgan fingerprint density at radius 3 is 2.62 bits per heavy atom. The maximum atomic E-state index is 13.7. The first-order valence-electron chi connectivity index (χ1n) is 11.1. The summed E-state index contributed by atoms with van der Waals surface area (Å²) in [7, 11) is 1.71. The average molecular weight is 481 g/mol. The maximum absolute atomic E-state index is 13.7. The zero-order valence-electron chi connectivity index (χ0n) is 19.2. The SMILES string of the molecule is CN[C@@H](C)C(=O)N[C@H]1CCc2ccccc2N(Cc2cccc3ccc(C(N)=O)cc23)C1=O.Cl. The number of anilines is 1. The molecule has 3 aromatic rings. The standard InChI is InChI=1S/C26H28N4O3.ClH/c1-16(28-2)25(32)29-22-13-12-18-6-3-4-9-23(18)30(26(22)33)15-20-8-5-7-17-10-11-19(24(27)31)14-21(17)20;/h3-11,14,16,22,28H,12-13,15H2,1-2H3,(H2,27,31)(H,29,32);1H/t16-,22-;/m0./s1. The van der Waals surface area contributed by atoms with Gasteiger partial charge >= 0.3 is 0 Å². The van der Waals surface area contributed by atoms with Crippen LogP contribution in [0.25, 0.3) is 10.8 Å². The summed E-state index contributed by atoms with van der Waals surface area (Å²) in [4.78, 5) is 39.7. The van der Waals surface area contributed by atoms with Gasteiger partial charge in [0.1, 0.15) is 6.04 Å². The smallest absolute Gasteiger partial charge is 0.249 e. The van der Waals surface area contributed by atoms with E-state index < -0.39 is 18.0 Å². The Morgan fingerprint density at radius 2 is 1.88 bits per heavy atom. The first-order chi connectivity index (χ1) is 15.9. The molecule has 0 unspecified atom stereocenters. The summed E-state index contributed by atoms with van der Waals surface area (Å²) in [6, 6.07) is 18.0. The first-order valence-corrected chi connectivity index (χ1v) is 11.1. The summed E-state index contributed by atoms with van der Waals surface area (Å²) in [5.41, 5.74) is 8.71. The van der Waals surface area contributed by atoms with Crippen LogP contribution < -0.4 is 21.3 Å². The van der Waals surface area contributed by atoms with Crippen LogP contribution in [0.15, 0.2) is 60.7 Å². The molecule has 0 fully saturated rings. The van der Waals surface area contributed by atoms with Gasteiger partial charge in [0.15, 0.2) is 0 Å². The lowest BCUT2D eigenvalue weighted by Gasteiger charge is -2.27. The van der Waals surface area contributed by atoms with E-state index in [2.05, 4.69) is 10.6 Å². The van der Waals surface area contributed by atoms with Crippen molar-refractivity contribution in [3.8, 4) is 0 Å². The summed E-state index contributed by atoms with van der Waals surface area (Å²) in [6.45, 7) is 2.07. The number of carbonyl (C=O) groups excluding carboxylic acids is 3. The number of benzene rings is 3. The normalized spacial score (nSPS) is 16.2.